The van der Waals surface area contributed by atoms with Crippen molar-refractivity contribution in [2.75, 3.05) is 0 Å². The van der Waals surface area contributed by atoms with Gasteiger partial charge in [-0.15, -0.1) is 0 Å². The summed E-state index contributed by atoms with van der Waals surface area (Å²) in [4.78, 5) is 24.8. The number of Topliss-reactive ketones (excluding diaryl/α,β-unsaturated/α-hetero) is 2. The highest BCUT2D eigenvalue weighted by Crippen LogP contribution is 2.56. The summed E-state index contributed by atoms with van der Waals surface area (Å²) >= 11 is 0. The Bertz CT molecular complexity index is 463. The fourth-order valence-corrected chi connectivity index (χ4v) is 4.06. The first kappa shape index (κ1) is 14.3. The quantitative estimate of drug-likeness (QED) is 0.761. The van der Waals surface area contributed by atoms with Gasteiger partial charge >= 0.3 is 0 Å². The largest absolute Gasteiger partial charge is 0.504 e. The van der Waals surface area contributed by atoms with E-state index in [9.17, 15) is 19.8 Å². The van der Waals surface area contributed by atoms with Crippen LogP contribution in [0.1, 0.15) is 40.5 Å². The predicted molar refractivity (Wildman–Crippen MR) is 70.5 cm³/mol. The van der Waals surface area contributed by atoms with Crippen molar-refractivity contribution >= 4 is 11.6 Å². The summed E-state index contributed by atoms with van der Waals surface area (Å²) in [5.41, 5.74) is -1.14. The number of aliphatic hydroxyl groups is 2. The summed E-state index contributed by atoms with van der Waals surface area (Å²) < 4.78 is 0. The number of ketones is 2. The summed E-state index contributed by atoms with van der Waals surface area (Å²) in [6.45, 7) is 7.29. The van der Waals surface area contributed by atoms with E-state index in [4.69, 9.17) is 0 Å². The van der Waals surface area contributed by atoms with E-state index in [0.29, 0.717) is 0 Å². The van der Waals surface area contributed by atoms with Crippen molar-refractivity contribution in [1.82, 2.24) is 0 Å². The SMILES string of the molecule is CC1=C(O)C(=O)C2(C(C)CCC2C(C)C)C(O)C1=O. The minimum atomic E-state index is -1.32. The molecular weight excluding hydrogens is 244 g/mol. The zero-order valence-electron chi connectivity index (χ0n) is 11.9. The van der Waals surface area contributed by atoms with Gasteiger partial charge in [-0.3, -0.25) is 9.59 Å². The normalized spacial score (nSPS) is 39.8. The van der Waals surface area contributed by atoms with Crippen molar-refractivity contribution in [2.24, 2.45) is 23.2 Å². The maximum atomic E-state index is 12.6. The first-order valence-electron chi connectivity index (χ1n) is 6.93. The topological polar surface area (TPSA) is 74.6 Å². The summed E-state index contributed by atoms with van der Waals surface area (Å²) in [6, 6.07) is 0. The number of carbonyl (C=O) groups excluding carboxylic acids is 2. The standard InChI is InChI=1S/C15H22O4/c1-7(2)10-6-5-8(3)15(10)13(18)11(16)9(4)12(17)14(15)19/h7-8,10,13,17-18H,5-6H2,1-4H3. The Balaban J connectivity index is 2.64. The molecule has 19 heavy (non-hydrogen) atoms. The van der Waals surface area contributed by atoms with Gasteiger partial charge in [0.1, 0.15) is 6.10 Å². The van der Waals surface area contributed by atoms with E-state index < -0.39 is 28.8 Å². The van der Waals surface area contributed by atoms with Crippen molar-refractivity contribution in [3.05, 3.63) is 11.3 Å². The van der Waals surface area contributed by atoms with Gasteiger partial charge in [-0.05, 0) is 37.5 Å². The average Bonchev–Trinajstić information content (AvgIpc) is 2.71. The first-order valence-corrected chi connectivity index (χ1v) is 6.93. The predicted octanol–water partition coefficient (Wildman–Crippen LogP) is 2.02. The van der Waals surface area contributed by atoms with Gasteiger partial charge in [0.25, 0.3) is 0 Å². The highest BCUT2D eigenvalue weighted by atomic mass is 16.3. The van der Waals surface area contributed by atoms with Crippen molar-refractivity contribution in [1.29, 1.82) is 0 Å². The number of hydrogen-bond donors (Lipinski definition) is 2. The number of rotatable bonds is 1. The molecule has 0 aromatic carbocycles. The van der Waals surface area contributed by atoms with Crippen molar-refractivity contribution < 1.29 is 19.8 Å². The van der Waals surface area contributed by atoms with Gasteiger partial charge in [0.05, 0.1) is 5.41 Å². The zero-order chi connectivity index (χ0) is 14.5. The van der Waals surface area contributed by atoms with Crippen LogP contribution in [-0.4, -0.2) is 27.9 Å². The Kier molecular flexibility index (Phi) is 3.33. The van der Waals surface area contributed by atoms with Gasteiger partial charge in [-0.1, -0.05) is 20.8 Å². The molecule has 2 aliphatic carbocycles. The Morgan fingerprint density at radius 2 is 1.84 bits per heavy atom. The van der Waals surface area contributed by atoms with Crippen LogP contribution in [0.5, 0.6) is 0 Å². The second-order valence-corrected chi connectivity index (χ2v) is 6.33. The Morgan fingerprint density at radius 3 is 2.37 bits per heavy atom. The van der Waals surface area contributed by atoms with Gasteiger partial charge in [0.2, 0.25) is 5.78 Å². The molecule has 0 aromatic heterocycles. The van der Waals surface area contributed by atoms with Crippen LogP contribution in [0, 0.1) is 23.2 Å². The van der Waals surface area contributed by atoms with E-state index in [2.05, 4.69) is 0 Å². The lowest BCUT2D eigenvalue weighted by Crippen LogP contribution is -2.57. The lowest BCUT2D eigenvalue weighted by molar-refractivity contribution is -0.156. The Labute approximate surface area is 113 Å². The molecule has 0 bridgehead atoms. The molecule has 1 spiro atoms. The number of hydrogen-bond acceptors (Lipinski definition) is 4. The maximum absolute atomic E-state index is 12.6. The molecule has 0 radical (unpaired) electrons. The van der Waals surface area contributed by atoms with Crippen molar-refractivity contribution in [3.8, 4) is 0 Å². The van der Waals surface area contributed by atoms with Gasteiger partial charge in [-0.2, -0.15) is 0 Å². The van der Waals surface area contributed by atoms with Crippen LogP contribution in [0.4, 0.5) is 0 Å². The van der Waals surface area contributed by atoms with Crippen LogP contribution in [-0.2, 0) is 9.59 Å². The minimum Gasteiger partial charge on any atom is -0.504 e. The van der Waals surface area contributed by atoms with Gasteiger partial charge < -0.3 is 10.2 Å². The molecule has 0 aliphatic heterocycles. The summed E-state index contributed by atoms with van der Waals surface area (Å²) in [5, 5.41) is 20.4. The van der Waals surface area contributed by atoms with E-state index in [1.165, 1.54) is 6.92 Å². The second kappa shape index (κ2) is 4.44. The van der Waals surface area contributed by atoms with E-state index in [-0.39, 0.29) is 23.3 Å². The van der Waals surface area contributed by atoms with Gasteiger partial charge in [0.15, 0.2) is 11.5 Å². The highest BCUT2D eigenvalue weighted by molar-refractivity contribution is 6.15. The first-order chi connectivity index (χ1) is 8.76. The number of allylic oxidation sites excluding steroid dienone is 1. The molecule has 4 atom stereocenters. The molecule has 2 N–H and O–H groups in total. The third-order valence-electron chi connectivity index (χ3n) is 5.18. The lowest BCUT2D eigenvalue weighted by atomic mass is 9.58. The van der Waals surface area contributed by atoms with Crippen LogP contribution in [0.2, 0.25) is 0 Å². The Hall–Kier alpha value is -1.16. The molecule has 106 valence electrons. The molecular formula is C15H22O4. The van der Waals surface area contributed by atoms with Gasteiger partial charge in [-0.25, -0.2) is 0 Å². The molecule has 0 saturated heterocycles. The summed E-state index contributed by atoms with van der Waals surface area (Å²) in [6.07, 6.45) is 0.285. The Morgan fingerprint density at radius 1 is 1.26 bits per heavy atom. The molecule has 4 unspecified atom stereocenters. The van der Waals surface area contributed by atoms with E-state index in [0.717, 1.165) is 12.8 Å². The average molecular weight is 266 g/mol. The molecule has 4 nitrogen and oxygen atoms in total. The minimum absolute atomic E-state index is 0.00951. The maximum Gasteiger partial charge on any atom is 0.207 e. The molecule has 1 saturated carbocycles. The second-order valence-electron chi connectivity index (χ2n) is 6.33. The van der Waals surface area contributed by atoms with Gasteiger partial charge in [0, 0.05) is 5.57 Å². The number of carbonyl (C=O) groups is 2. The van der Waals surface area contributed by atoms with E-state index in [1.54, 1.807) is 0 Å². The third kappa shape index (κ3) is 1.62. The van der Waals surface area contributed by atoms with Crippen LogP contribution >= 0.6 is 0 Å². The zero-order valence-corrected chi connectivity index (χ0v) is 11.9. The monoisotopic (exact) mass is 266 g/mol. The van der Waals surface area contributed by atoms with Crippen LogP contribution in [0.25, 0.3) is 0 Å². The smallest absolute Gasteiger partial charge is 0.207 e. The number of aliphatic hydroxyl groups excluding tert-OH is 2. The van der Waals surface area contributed by atoms with E-state index >= 15 is 0 Å². The molecule has 2 aliphatic rings. The van der Waals surface area contributed by atoms with Crippen LogP contribution < -0.4 is 0 Å². The molecule has 0 amide bonds. The molecule has 4 heteroatoms. The van der Waals surface area contributed by atoms with Crippen molar-refractivity contribution in [2.45, 2.75) is 46.6 Å². The molecule has 0 aromatic rings. The van der Waals surface area contributed by atoms with Crippen molar-refractivity contribution in [3.63, 3.8) is 0 Å². The fraction of sp³-hybridized carbons (Fsp3) is 0.733. The van der Waals surface area contributed by atoms with Crippen LogP contribution in [0.15, 0.2) is 11.3 Å². The lowest BCUT2D eigenvalue weighted by Gasteiger charge is -2.44. The molecule has 2 rings (SSSR count). The third-order valence-corrected chi connectivity index (χ3v) is 5.18. The molecule has 1 fully saturated rings. The summed E-state index contributed by atoms with van der Waals surface area (Å²) in [7, 11) is 0. The van der Waals surface area contributed by atoms with E-state index in [1.807, 2.05) is 20.8 Å². The summed E-state index contributed by atoms with van der Waals surface area (Å²) in [5.74, 6) is -1.37. The fourth-order valence-electron chi connectivity index (χ4n) is 4.06. The van der Waals surface area contributed by atoms with Crippen LogP contribution in [0.3, 0.4) is 0 Å². The molecule has 0 heterocycles. The highest BCUT2D eigenvalue weighted by Gasteiger charge is 2.63.